The maximum Gasteiger partial charge on any atom is 0.349 e. The molecular weight excluding hydrogens is 254 g/mol. The van der Waals surface area contributed by atoms with Gasteiger partial charge < -0.3 is 15.7 Å². The Hall–Kier alpha value is -1.35. The van der Waals surface area contributed by atoms with Gasteiger partial charge >= 0.3 is 12.0 Å². The van der Waals surface area contributed by atoms with Gasteiger partial charge in [0.2, 0.25) is 5.91 Å². The molecule has 7 nitrogen and oxygen atoms in total. The highest BCUT2D eigenvalue weighted by Crippen LogP contribution is 2.20. The molecule has 0 saturated heterocycles. The van der Waals surface area contributed by atoms with Crippen molar-refractivity contribution in [2.24, 2.45) is 5.73 Å². The van der Waals surface area contributed by atoms with Crippen LogP contribution in [0.3, 0.4) is 0 Å². The first-order valence-corrected chi connectivity index (χ1v) is 6.42. The first-order valence-electron chi connectivity index (χ1n) is 4.36. The van der Waals surface area contributed by atoms with Crippen molar-refractivity contribution in [1.29, 1.82) is 0 Å². The van der Waals surface area contributed by atoms with Gasteiger partial charge in [-0.05, 0) is 6.42 Å². The molecule has 1 aromatic heterocycles. The van der Waals surface area contributed by atoms with Crippen molar-refractivity contribution in [3.8, 4) is 0 Å². The highest BCUT2D eigenvalue weighted by atomic mass is 33.0. The molecule has 3 N–H and O–H groups in total. The fourth-order valence-electron chi connectivity index (χ4n) is 1.10. The standard InChI is InChI=1S/C7H11N3O4S2/c1-9(7(14)10-15-16-10)4(6(12)13)2-3-5(8)11/h4H,2-3H2,1H3,(H2,8,11)(H,12,13)/t4-/m1/s1. The van der Waals surface area contributed by atoms with Gasteiger partial charge in [-0.15, -0.1) is 3.35 Å². The number of hydrogen-bond donors (Lipinski definition) is 2. The van der Waals surface area contributed by atoms with Crippen LogP contribution in [0.25, 0.3) is 0 Å². The predicted molar refractivity (Wildman–Crippen MR) is 58.6 cm³/mol. The van der Waals surface area contributed by atoms with Crippen LogP contribution in [0, 0.1) is 0 Å². The molecule has 0 aliphatic carbocycles. The summed E-state index contributed by atoms with van der Waals surface area (Å²) < 4.78 is 1.35. The molecule has 16 heavy (non-hydrogen) atoms. The van der Waals surface area contributed by atoms with Crippen molar-refractivity contribution in [1.82, 2.24) is 8.25 Å². The first kappa shape index (κ1) is 12.7. The van der Waals surface area contributed by atoms with Gasteiger partial charge in [-0.1, -0.05) is 0 Å². The van der Waals surface area contributed by atoms with Crippen LogP contribution in [0.1, 0.15) is 12.8 Å². The van der Waals surface area contributed by atoms with E-state index in [1.807, 2.05) is 0 Å². The highest BCUT2D eigenvalue weighted by molar-refractivity contribution is 7.77. The average Bonchev–Trinajstić information content (AvgIpc) is 2.98. The SMILES string of the molecule is CN(C(=O)n1ss1)[C@H](CCC(N)=O)C(=O)O. The summed E-state index contributed by atoms with van der Waals surface area (Å²) in [6.45, 7) is 0. The quantitative estimate of drug-likeness (QED) is 0.743. The van der Waals surface area contributed by atoms with Crippen molar-refractivity contribution in [3.05, 3.63) is 0 Å². The van der Waals surface area contributed by atoms with Gasteiger partial charge in [0.05, 0.1) is 0 Å². The number of aliphatic carboxylic acids is 1. The molecule has 1 rings (SSSR count). The summed E-state index contributed by atoms with van der Waals surface area (Å²) in [6.07, 6.45) is -0.0368. The Kier molecular flexibility index (Phi) is 4.07. The van der Waals surface area contributed by atoms with E-state index in [0.717, 1.165) is 4.90 Å². The topological polar surface area (TPSA) is 106 Å². The smallest absolute Gasteiger partial charge is 0.349 e. The summed E-state index contributed by atoms with van der Waals surface area (Å²) >= 11 is 0. The average molecular weight is 265 g/mol. The lowest BCUT2D eigenvalue weighted by molar-refractivity contribution is -0.142. The third-order valence-corrected chi connectivity index (χ3v) is 3.53. The summed E-state index contributed by atoms with van der Waals surface area (Å²) in [4.78, 5) is 34.1. The number of carboxylic acids is 1. The lowest BCUT2D eigenvalue weighted by Gasteiger charge is -2.22. The molecule has 1 heterocycles. The molecule has 0 unspecified atom stereocenters. The van der Waals surface area contributed by atoms with Gasteiger partial charge in [-0.3, -0.25) is 4.79 Å². The predicted octanol–water partition coefficient (Wildman–Crippen LogP) is 0.230. The molecule has 90 valence electrons. The zero-order valence-corrected chi connectivity index (χ0v) is 10.1. The normalized spacial score (nSPS) is 12.3. The van der Waals surface area contributed by atoms with Crippen LogP contribution in [0.4, 0.5) is 4.79 Å². The Morgan fingerprint density at radius 2 is 2.00 bits per heavy atom. The van der Waals surface area contributed by atoms with Crippen LogP contribution in [0.2, 0.25) is 0 Å². The molecule has 1 atom stereocenters. The summed E-state index contributed by atoms with van der Waals surface area (Å²) in [5, 5.41) is 8.93. The second kappa shape index (κ2) is 5.12. The molecule has 0 aliphatic heterocycles. The van der Waals surface area contributed by atoms with Crippen molar-refractivity contribution in [3.63, 3.8) is 0 Å². The molecule has 0 bridgehead atoms. The second-order valence-electron chi connectivity index (χ2n) is 3.16. The van der Waals surface area contributed by atoms with Crippen molar-refractivity contribution in [2.45, 2.75) is 18.9 Å². The molecule has 0 fully saturated rings. The molecule has 0 spiro atoms. The monoisotopic (exact) mass is 265 g/mol. The van der Waals surface area contributed by atoms with E-state index in [1.165, 1.54) is 31.5 Å². The van der Waals surface area contributed by atoms with E-state index in [9.17, 15) is 14.4 Å². The minimum Gasteiger partial charge on any atom is -0.480 e. The number of amides is 2. The third-order valence-electron chi connectivity index (χ3n) is 2.02. The van der Waals surface area contributed by atoms with Crippen LogP contribution in [0.5, 0.6) is 0 Å². The molecule has 0 saturated carbocycles. The van der Waals surface area contributed by atoms with E-state index in [2.05, 4.69) is 0 Å². The minimum atomic E-state index is -1.14. The van der Waals surface area contributed by atoms with Crippen LogP contribution in [-0.2, 0) is 9.59 Å². The molecule has 1 aromatic rings. The maximum absolute atomic E-state index is 11.5. The highest BCUT2D eigenvalue weighted by Gasteiger charge is 2.29. The number of nitrogens with two attached hydrogens (primary N) is 1. The second-order valence-corrected chi connectivity index (χ2v) is 5.31. The van der Waals surface area contributed by atoms with E-state index >= 15 is 0 Å². The van der Waals surface area contributed by atoms with Crippen molar-refractivity contribution >= 4 is 39.0 Å². The van der Waals surface area contributed by atoms with Crippen LogP contribution >= 0.6 is 21.1 Å². The number of rotatable bonds is 5. The Balaban J connectivity index is 2.62. The summed E-state index contributed by atoms with van der Waals surface area (Å²) in [5.41, 5.74) is 4.94. The fourth-order valence-corrected chi connectivity index (χ4v) is 2.01. The number of primary amides is 1. The van der Waals surface area contributed by atoms with E-state index in [-0.39, 0.29) is 12.8 Å². The van der Waals surface area contributed by atoms with Gasteiger partial charge in [0, 0.05) is 34.5 Å². The van der Waals surface area contributed by atoms with Crippen molar-refractivity contribution in [2.75, 3.05) is 7.05 Å². The van der Waals surface area contributed by atoms with E-state index < -0.39 is 23.9 Å². The summed E-state index contributed by atoms with van der Waals surface area (Å²) in [6, 6.07) is -1.42. The molecule has 0 radical (unpaired) electrons. The molecule has 0 aromatic carbocycles. The lowest BCUT2D eigenvalue weighted by Crippen LogP contribution is -2.43. The molecule has 9 heteroatoms. The summed E-state index contributed by atoms with van der Waals surface area (Å²) in [5.74, 6) is -1.73. The van der Waals surface area contributed by atoms with E-state index in [1.54, 1.807) is 0 Å². The van der Waals surface area contributed by atoms with Gasteiger partial charge in [-0.25, -0.2) is 9.59 Å². The van der Waals surface area contributed by atoms with Crippen LogP contribution < -0.4 is 5.73 Å². The van der Waals surface area contributed by atoms with Crippen LogP contribution in [-0.4, -0.2) is 44.3 Å². The van der Waals surface area contributed by atoms with Gasteiger partial charge in [0.25, 0.3) is 0 Å². The molecular formula is C7H11N3O4S2. The third kappa shape index (κ3) is 3.35. The van der Waals surface area contributed by atoms with Gasteiger partial charge in [0.15, 0.2) is 0 Å². The van der Waals surface area contributed by atoms with E-state index in [0.29, 0.717) is 0 Å². The number of nitrogens with zero attached hydrogens (tertiary/aromatic N) is 2. The Morgan fingerprint density at radius 3 is 2.38 bits per heavy atom. The number of aromatic nitrogens is 1. The molecule has 2 amide bonds. The Morgan fingerprint density at radius 1 is 1.44 bits per heavy atom. The summed E-state index contributed by atoms with van der Waals surface area (Å²) in [7, 11) is 3.86. The maximum atomic E-state index is 11.5. The number of hydrogen-bond acceptors (Lipinski definition) is 5. The van der Waals surface area contributed by atoms with E-state index in [4.69, 9.17) is 10.8 Å². The Bertz CT molecular complexity index is 385. The number of carbonyl (C=O) groups excluding carboxylic acids is 2. The first-order chi connectivity index (χ1) is 7.43. The lowest BCUT2D eigenvalue weighted by atomic mass is 10.1. The Labute approximate surface area is 98.7 Å². The van der Waals surface area contributed by atoms with Gasteiger partial charge in [0.1, 0.15) is 6.04 Å². The van der Waals surface area contributed by atoms with Crippen LogP contribution in [0.15, 0.2) is 0 Å². The van der Waals surface area contributed by atoms with Crippen molar-refractivity contribution < 1.29 is 19.5 Å². The zero-order chi connectivity index (χ0) is 12.3. The number of carboxylic acid groups (broad SMARTS) is 1. The zero-order valence-electron chi connectivity index (χ0n) is 8.45. The number of likely N-dealkylation sites (N-methyl/N-ethyl adjacent to an activating group) is 1. The molecule has 0 aliphatic rings. The fraction of sp³-hybridized carbons (Fsp3) is 0.571. The minimum absolute atomic E-state index is 0.0239. The number of carbonyl (C=O) groups is 3. The van der Waals surface area contributed by atoms with Gasteiger partial charge in [-0.2, -0.15) is 0 Å². The largest absolute Gasteiger partial charge is 0.480 e.